The van der Waals surface area contributed by atoms with E-state index in [0.717, 1.165) is 25.8 Å². The van der Waals surface area contributed by atoms with Gasteiger partial charge in [-0.05, 0) is 88.2 Å². The summed E-state index contributed by atoms with van der Waals surface area (Å²) < 4.78 is 47.0. The molecule has 2 N–H and O–H groups in total. The summed E-state index contributed by atoms with van der Waals surface area (Å²) in [5, 5.41) is 10.2. The third-order valence-corrected chi connectivity index (χ3v) is 9.86. The molecule has 1 aliphatic rings. The molecule has 0 saturated heterocycles. The predicted octanol–water partition coefficient (Wildman–Crippen LogP) is 5.42. The summed E-state index contributed by atoms with van der Waals surface area (Å²) in [4.78, 5) is 18.3. The van der Waals surface area contributed by atoms with Gasteiger partial charge in [0.1, 0.15) is 11.5 Å². The van der Waals surface area contributed by atoms with E-state index in [4.69, 9.17) is 14.2 Å². The predicted molar refractivity (Wildman–Crippen MR) is 183 cm³/mol. The summed E-state index contributed by atoms with van der Waals surface area (Å²) >= 11 is 0. The van der Waals surface area contributed by atoms with Gasteiger partial charge in [-0.3, -0.25) is 14.4 Å². The maximum absolute atomic E-state index is 14.4. The fourth-order valence-corrected chi connectivity index (χ4v) is 6.73. The van der Waals surface area contributed by atoms with E-state index >= 15 is 0 Å². The molecule has 0 bridgehead atoms. The van der Waals surface area contributed by atoms with Crippen LogP contribution in [0.15, 0.2) is 77.7 Å². The van der Waals surface area contributed by atoms with E-state index in [-0.39, 0.29) is 46.8 Å². The van der Waals surface area contributed by atoms with E-state index in [2.05, 4.69) is 35.7 Å². The maximum Gasteiger partial charge on any atom is 0.261 e. The zero-order chi connectivity index (χ0) is 34.0. The molecule has 3 aromatic carbocycles. The minimum Gasteiger partial charge on any atom is -0.497 e. The first-order chi connectivity index (χ1) is 22.5. The van der Waals surface area contributed by atoms with Crippen LogP contribution in [-0.4, -0.2) is 87.9 Å². The molecule has 256 valence electrons. The first-order valence-electron chi connectivity index (χ1n) is 16.2. The van der Waals surface area contributed by atoms with E-state index in [0.29, 0.717) is 31.2 Å². The first-order valence-corrected chi connectivity index (χ1v) is 17.7. The highest BCUT2D eigenvalue weighted by atomic mass is 32.2. The highest BCUT2D eigenvalue weighted by molar-refractivity contribution is 7.92. The Morgan fingerprint density at radius 1 is 1.06 bits per heavy atom. The van der Waals surface area contributed by atoms with Crippen molar-refractivity contribution in [1.29, 1.82) is 0 Å². The largest absolute Gasteiger partial charge is 0.497 e. The molecule has 3 aromatic rings. The van der Waals surface area contributed by atoms with Gasteiger partial charge in [-0.25, -0.2) is 8.42 Å². The minimum absolute atomic E-state index is 0.0576. The molecular formula is C36H49N3O7S. The van der Waals surface area contributed by atoms with E-state index in [1.54, 1.807) is 36.1 Å². The second kappa shape index (κ2) is 17.0. The number of aliphatic hydroxyl groups is 1. The van der Waals surface area contributed by atoms with Crippen molar-refractivity contribution in [3.63, 3.8) is 0 Å². The molecule has 47 heavy (non-hydrogen) atoms. The Kier molecular flexibility index (Phi) is 13.1. The number of carbonyl (C=O) groups is 1. The number of nitrogens with one attached hydrogen (secondary N) is 1. The van der Waals surface area contributed by atoms with Crippen LogP contribution in [0.3, 0.4) is 0 Å². The van der Waals surface area contributed by atoms with Crippen LogP contribution in [0.1, 0.15) is 56.0 Å². The second-order valence-electron chi connectivity index (χ2n) is 12.5. The van der Waals surface area contributed by atoms with Crippen molar-refractivity contribution >= 4 is 21.6 Å². The monoisotopic (exact) mass is 667 g/mol. The quantitative estimate of drug-likeness (QED) is 0.294. The number of aliphatic hydroxyl groups excluding tert-OH is 1. The number of nitrogens with zero attached hydrogens (tertiary/aromatic N) is 2. The van der Waals surface area contributed by atoms with Gasteiger partial charge in [0.2, 0.25) is 0 Å². The normalized spacial score (nSPS) is 20.5. The number of likely N-dealkylation sites (N-methyl/N-ethyl adjacent to an activating group) is 1. The molecule has 0 aromatic heterocycles. The number of benzene rings is 3. The van der Waals surface area contributed by atoms with Gasteiger partial charge in [0.05, 0.1) is 42.4 Å². The van der Waals surface area contributed by atoms with Gasteiger partial charge < -0.3 is 24.2 Å². The number of ether oxygens (including phenoxy) is 3. The molecule has 1 heterocycles. The molecule has 4 atom stereocenters. The average Bonchev–Trinajstić information content (AvgIpc) is 3.06. The molecule has 0 unspecified atom stereocenters. The summed E-state index contributed by atoms with van der Waals surface area (Å²) in [5.74, 6) is 0.466. The Balaban J connectivity index is 1.64. The van der Waals surface area contributed by atoms with Crippen LogP contribution in [0.25, 0.3) is 0 Å². The van der Waals surface area contributed by atoms with E-state index in [1.807, 2.05) is 25.1 Å². The number of sulfonamides is 1. The SMILES string of the molecule is COc1ccc(S(=O)(=O)Nc2ccc3c(c2)C(=O)N([C@H](C)CO)C[C@H](C)[C@@H](CN(C)Cc2ccccc2)OCCCC[C@H](C)O3)cc1. The summed E-state index contributed by atoms with van der Waals surface area (Å²) in [7, 11) is -0.382. The number of hydrogen-bond donors (Lipinski definition) is 2. The van der Waals surface area contributed by atoms with Crippen LogP contribution >= 0.6 is 0 Å². The Hall–Kier alpha value is -3.64. The van der Waals surface area contributed by atoms with Crippen molar-refractivity contribution in [3.8, 4) is 11.5 Å². The fraction of sp³-hybridized carbons (Fsp3) is 0.472. The van der Waals surface area contributed by atoms with Gasteiger partial charge in [0.25, 0.3) is 15.9 Å². The first kappa shape index (κ1) is 36.2. The smallest absolute Gasteiger partial charge is 0.261 e. The molecule has 0 fully saturated rings. The second-order valence-corrected chi connectivity index (χ2v) is 14.2. The summed E-state index contributed by atoms with van der Waals surface area (Å²) in [6, 6.07) is 20.6. The van der Waals surface area contributed by atoms with E-state index in [1.165, 1.54) is 30.9 Å². The lowest BCUT2D eigenvalue weighted by atomic mass is 10.0. The number of anilines is 1. The van der Waals surface area contributed by atoms with Crippen LogP contribution in [0, 0.1) is 5.92 Å². The Morgan fingerprint density at radius 3 is 2.47 bits per heavy atom. The van der Waals surface area contributed by atoms with Gasteiger partial charge in [0.15, 0.2) is 0 Å². The van der Waals surface area contributed by atoms with Crippen molar-refractivity contribution in [2.75, 3.05) is 45.2 Å². The molecule has 1 aliphatic heterocycles. The number of amides is 1. The Morgan fingerprint density at radius 2 is 1.79 bits per heavy atom. The molecule has 0 radical (unpaired) electrons. The minimum atomic E-state index is -3.96. The third-order valence-electron chi connectivity index (χ3n) is 8.46. The van der Waals surface area contributed by atoms with Crippen LogP contribution in [0.5, 0.6) is 11.5 Å². The highest BCUT2D eigenvalue weighted by Gasteiger charge is 2.30. The van der Waals surface area contributed by atoms with Crippen LogP contribution in [0.4, 0.5) is 5.69 Å². The molecule has 10 nitrogen and oxygen atoms in total. The molecule has 0 aliphatic carbocycles. The summed E-state index contributed by atoms with van der Waals surface area (Å²) in [6.45, 7) is 7.92. The third kappa shape index (κ3) is 10.2. The lowest BCUT2D eigenvalue weighted by molar-refractivity contribution is -0.0177. The zero-order valence-electron chi connectivity index (χ0n) is 28.1. The topological polar surface area (TPSA) is 118 Å². The molecule has 1 amide bonds. The number of hydrogen-bond acceptors (Lipinski definition) is 8. The molecule has 11 heteroatoms. The van der Waals surface area contributed by atoms with Crippen molar-refractivity contribution in [2.24, 2.45) is 5.92 Å². The van der Waals surface area contributed by atoms with Gasteiger partial charge >= 0.3 is 0 Å². The molecule has 4 rings (SSSR count). The number of carbonyl (C=O) groups excluding carboxylic acids is 1. The van der Waals surface area contributed by atoms with Crippen molar-refractivity contribution < 1.29 is 32.5 Å². The number of fused-ring (bicyclic) bond motifs is 1. The van der Waals surface area contributed by atoms with Crippen molar-refractivity contribution in [2.45, 2.75) is 69.7 Å². The Labute approximate surface area is 279 Å². The maximum atomic E-state index is 14.4. The molecule has 0 saturated carbocycles. The summed E-state index contributed by atoms with van der Waals surface area (Å²) in [6.07, 6.45) is 2.16. The van der Waals surface area contributed by atoms with Gasteiger partial charge in [-0.1, -0.05) is 37.3 Å². The van der Waals surface area contributed by atoms with Gasteiger partial charge in [0, 0.05) is 37.8 Å². The van der Waals surface area contributed by atoms with Gasteiger partial charge in [-0.15, -0.1) is 0 Å². The van der Waals surface area contributed by atoms with Crippen molar-refractivity contribution in [3.05, 3.63) is 83.9 Å². The average molecular weight is 668 g/mol. The van der Waals surface area contributed by atoms with Crippen LogP contribution in [-0.2, 0) is 21.3 Å². The lowest BCUT2D eigenvalue weighted by Crippen LogP contribution is -2.47. The summed E-state index contributed by atoms with van der Waals surface area (Å²) in [5.41, 5.74) is 1.65. The van der Waals surface area contributed by atoms with Crippen LogP contribution in [0.2, 0.25) is 0 Å². The fourth-order valence-electron chi connectivity index (χ4n) is 5.68. The number of methoxy groups -OCH3 is 1. The van der Waals surface area contributed by atoms with Crippen LogP contribution < -0.4 is 14.2 Å². The lowest BCUT2D eigenvalue weighted by Gasteiger charge is -2.36. The van der Waals surface area contributed by atoms with Crippen molar-refractivity contribution in [1.82, 2.24) is 9.80 Å². The van der Waals surface area contributed by atoms with Gasteiger partial charge in [-0.2, -0.15) is 0 Å². The van der Waals surface area contributed by atoms with E-state index < -0.39 is 16.1 Å². The molecule has 0 spiro atoms. The van der Waals surface area contributed by atoms with E-state index in [9.17, 15) is 18.3 Å². The molecular weight excluding hydrogens is 618 g/mol. The zero-order valence-corrected chi connectivity index (χ0v) is 28.9. The standard InChI is InChI=1S/C36H49N3O7S/c1-26-22-39(27(2)25-40)36(41)33-21-30(37-47(42,43)32-17-15-31(44-5)16-18-32)14-19-34(33)46-28(3)11-9-10-20-45-35(26)24-38(4)23-29-12-7-6-8-13-29/h6-8,12-19,21,26-28,35,37,40H,9-11,20,22-25H2,1-5H3/t26-,27+,28-,35+/m0/s1. The number of rotatable bonds is 10. The highest BCUT2D eigenvalue weighted by Crippen LogP contribution is 2.30. The Bertz CT molecular complexity index is 1540.